The molecule has 0 unspecified atom stereocenters. The van der Waals surface area contributed by atoms with Crippen LogP contribution < -0.4 is 20.6 Å². The van der Waals surface area contributed by atoms with Crippen LogP contribution >= 0.6 is 0 Å². The third kappa shape index (κ3) is 5.05. The standard InChI is InChI=1S/C26H32N4O/c1-7-20-14-23(15-21(8-2)25(20)9-3)29-19(5)27-16-22-12-13-30(18(22)4)24-10-11-26(31-6)28-17-24/h10-17H,4,7-9H2,1-3,5-6H3,(H,27,29)/b22-16-. The van der Waals surface area contributed by atoms with Gasteiger partial charge in [0.25, 0.3) is 0 Å². The quantitative estimate of drug-likeness (QED) is 0.463. The van der Waals surface area contributed by atoms with Crippen molar-refractivity contribution in [3.63, 3.8) is 0 Å². The number of nitrogens with one attached hydrogen (secondary N) is 1. The summed E-state index contributed by atoms with van der Waals surface area (Å²) in [5, 5.41) is 5.27. The van der Waals surface area contributed by atoms with Crippen molar-refractivity contribution in [3.05, 3.63) is 70.0 Å². The first kappa shape index (κ1) is 22.3. The third-order valence-corrected chi connectivity index (χ3v) is 5.51. The maximum Gasteiger partial charge on any atom is 0.213 e. The number of ether oxygens (including phenoxy) is 1. The molecule has 5 heteroatoms. The number of anilines is 1. The van der Waals surface area contributed by atoms with Crippen LogP contribution in [-0.4, -0.2) is 22.5 Å². The number of benzene rings is 1. The SMILES string of the molecule is C=c1/c(=C\N=C(C)Nc2cc(CC)c(CC)c(CC)c2)ccn1-c1ccc(OC)nc1. The van der Waals surface area contributed by atoms with E-state index < -0.39 is 0 Å². The van der Waals surface area contributed by atoms with E-state index in [0.717, 1.165) is 47.0 Å². The third-order valence-electron chi connectivity index (χ3n) is 5.51. The average Bonchev–Trinajstić information content (AvgIpc) is 3.17. The minimum atomic E-state index is 0.587. The number of amidine groups is 1. The van der Waals surface area contributed by atoms with Crippen molar-refractivity contribution in [1.82, 2.24) is 9.55 Å². The van der Waals surface area contributed by atoms with Crippen molar-refractivity contribution < 1.29 is 4.74 Å². The molecule has 31 heavy (non-hydrogen) atoms. The molecular weight excluding hydrogens is 384 g/mol. The van der Waals surface area contributed by atoms with Gasteiger partial charge in [0.2, 0.25) is 5.88 Å². The van der Waals surface area contributed by atoms with Crippen LogP contribution in [0.1, 0.15) is 44.4 Å². The van der Waals surface area contributed by atoms with Gasteiger partial charge >= 0.3 is 0 Å². The van der Waals surface area contributed by atoms with E-state index in [2.05, 4.69) is 54.8 Å². The lowest BCUT2D eigenvalue weighted by atomic mass is 9.95. The van der Waals surface area contributed by atoms with Gasteiger partial charge in [-0.25, -0.2) is 9.98 Å². The Bertz CT molecular complexity index is 1150. The first-order chi connectivity index (χ1) is 15.0. The molecule has 162 valence electrons. The molecule has 0 fully saturated rings. The van der Waals surface area contributed by atoms with E-state index in [4.69, 9.17) is 4.74 Å². The number of aromatic nitrogens is 2. The number of rotatable bonds is 7. The van der Waals surface area contributed by atoms with Gasteiger partial charge in [0.05, 0.1) is 19.0 Å². The Morgan fingerprint density at radius 3 is 2.39 bits per heavy atom. The first-order valence-corrected chi connectivity index (χ1v) is 10.8. The number of hydrogen-bond donors (Lipinski definition) is 1. The molecule has 3 rings (SSSR count). The monoisotopic (exact) mass is 416 g/mol. The Labute approximate surface area is 184 Å². The lowest BCUT2D eigenvalue weighted by Gasteiger charge is -2.15. The Hall–Kier alpha value is -3.34. The molecule has 0 bridgehead atoms. The van der Waals surface area contributed by atoms with Crippen molar-refractivity contribution in [2.45, 2.75) is 47.0 Å². The fourth-order valence-electron chi connectivity index (χ4n) is 3.84. The van der Waals surface area contributed by atoms with Crippen molar-refractivity contribution in [2.75, 3.05) is 12.4 Å². The van der Waals surface area contributed by atoms with Gasteiger partial charge < -0.3 is 14.6 Å². The van der Waals surface area contributed by atoms with Crippen molar-refractivity contribution in [1.29, 1.82) is 0 Å². The lowest BCUT2D eigenvalue weighted by molar-refractivity contribution is 0.398. The zero-order chi connectivity index (χ0) is 22.4. The second-order valence-corrected chi connectivity index (χ2v) is 7.45. The second kappa shape index (κ2) is 10.1. The molecule has 1 N–H and O–H groups in total. The van der Waals surface area contributed by atoms with Gasteiger partial charge in [-0.3, -0.25) is 0 Å². The van der Waals surface area contributed by atoms with Crippen molar-refractivity contribution >= 4 is 24.3 Å². The minimum absolute atomic E-state index is 0.587. The molecule has 0 saturated carbocycles. The number of nitrogens with zero attached hydrogens (tertiary/aromatic N) is 3. The van der Waals surface area contributed by atoms with Crippen molar-refractivity contribution in [3.8, 4) is 11.6 Å². The van der Waals surface area contributed by atoms with Gasteiger partial charge in [-0.15, -0.1) is 0 Å². The summed E-state index contributed by atoms with van der Waals surface area (Å²) in [6, 6.07) is 10.3. The smallest absolute Gasteiger partial charge is 0.213 e. The summed E-state index contributed by atoms with van der Waals surface area (Å²) in [5.74, 6) is 1.43. The number of methoxy groups -OCH3 is 1. The van der Waals surface area contributed by atoms with E-state index in [1.165, 1.54) is 16.7 Å². The van der Waals surface area contributed by atoms with E-state index >= 15 is 0 Å². The summed E-state index contributed by atoms with van der Waals surface area (Å²) in [5.41, 5.74) is 6.32. The van der Waals surface area contributed by atoms with Crippen LogP contribution in [0.5, 0.6) is 5.88 Å². The normalized spacial score (nSPS) is 12.3. The zero-order valence-corrected chi connectivity index (χ0v) is 19.2. The molecule has 0 aliphatic rings. The molecule has 3 aromatic rings. The Kier molecular flexibility index (Phi) is 7.29. The number of pyridine rings is 1. The minimum Gasteiger partial charge on any atom is -0.481 e. The molecule has 0 radical (unpaired) electrons. The summed E-state index contributed by atoms with van der Waals surface area (Å²) >= 11 is 0. The number of hydrogen-bond acceptors (Lipinski definition) is 3. The molecule has 2 heterocycles. The molecule has 0 spiro atoms. The van der Waals surface area contributed by atoms with E-state index in [9.17, 15) is 0 Å². The van der Waals surface area contributed by atoms with E-state index in [1.54, 1.807) is 13.3 Å². The summed E-state index contributed by atoms with van der Waals surface area (Å²) in [7, 11) is 1.61. The van der Waals surface area contributed by atoms with Gasteiger partial charge in [0, 0.05) is 34.7 Å². The maximum absolute atomic E-state index is 5.13. The molecule has 5 nitrogen and oxygen atoms in total. The van der Waals surface area contributed by atoms with Gasteiger partial charge in [0.15, 0.2) is 0 Å². The van der Waals surface area contributed by atoms with Crippen LogP contribution in [0.15, 0.2) is 47.7 Å². The summed E-state index contributed by atoms with van der Waals surface area (Å²) < 4.78 is 7.12. The Morgan fingerprint density at radius 1 is 1.13 bits per heavy atom. The van der Waals surface area contributed by atoms with Crippen LogP contribution in [0.25, 0.3) is 18.5 Å². The fraction of sp³-hybridized carbons (Fsp3) is 0.308. The molecule has 2 aromatic heterocycles. The number of aliphatic imine (C=N–C) groups is 1. The molecule has 0 atom stereocenters. The zero-order valence-electron chi connectivity index (χ0n) is 19.2. The lowest BCUT2D eigenvalue weighted by Crippen LogP contribution is -2.26. The molecule has 0 aliphatic heterocycles. The van der Waals surface area contributed by atoms with E-state index in [0.29, 0.717) is 5.88 Å². The van der Waals surface area contributed by atoms with Crippen LogP contribution in [0.2, 0.25) is 0 Å². The van der Waals surface area contributed by atoms with Crippen molar-refractivity contribution in [2.24, 2.45) is 4.99 Å². The second-order valence-electron chi connectivity index (χ2n) is 7.45. The van der Waals surface area contributed by atoms with Crippen LogP contribution in [0.3, 0.4) is 0 Å². The van der Waals surface area contributed by atoms with E-state index in [1.807, 2.05) is 42.1 Å². The maximum atomic E-state index is 5.13. The van der Waals surface area contributed by atoms with Gasteiger partial charge in [-0.2, -0.15) is 0 Å². The molecule has 0 saturated heterocycles. The summed E-state index contributed by atoms with van der Waals surface area (Å²) in [6.45, 7) is 12.8. The van der Waals surface area contributed by atoms with Gasteiger partial charge in [-0.05, 0) is 67.1 Å². The molecule has 0 aliphatic carbocycles. The first-order valence-electron chi connectivity index (χ1n) is 10.8. The summed E-state index contributed by atoms with van der Waals surface area (Å²) in [6.07, 6.45) is 8.73. The Balaban J connectivity index is 1.85. The highest BCUT2D eigenvalue weighted by Crippen LogP contribution is 2.23. The number of aryl methyl sites for hydroxylation is 2. The molecule has 0 amide bonds. The van der Waals surface area contributed by atoms with Gasteiger partial charge in [0.1, 0.15) is 5.84 Å². The van der Waals surface area contributed by atoms with E-state index in [-0.39, 0.29) is 0 Å². The van der Waals surface area contributed by atoms with Crippen LogP contribution in [0.4, 0.5) is 5.69 Å². The fourth-order valence-corrected chi connectivity index (χ4v) is 3.84. The van der Waals surface area contributed by atoms with Crippen LogP contribution in [-0.2, 0) is 19.3 Å². The predicted molar refractivity (Wildman–Crippen MR) is 131 cm³/mol. The largest absolute Gasteiger partial charge is 0.481 e. The molecule has 1 aromatic carbocycles. The highest BCUT2D eigenvalue weighted by Gasteiger charge is 2.08. The average molecular weight is 417 g/mol. The highest BCUT2D eigenvalue weighted by molar-refractivity contribution is 5.95. The highest BCUT2D eigenvalue weighted by atomic mass is 16.5. The summed E-state index contributed by atoms with van der Waals surface area (Å²) in [4.78, 5) is 8.90. The van der Waals surface area contributed by atoms with Crippen LogP contribution in [0, 0.1) is 0 Å². The topological polar surface area (TPSA) is 51.4 Å². The Morgan fingerprint density at radius 2 is 1.84 bits per heavy atom. The predicted octanol–water partition coefficient (Wildman–Crippen LogP) is 4.25. The molecular formula is C26H32N4O. The van der Waals surface area contributed by atoms with Gasteiger partial charge in [-0.1, -0.05) is 27.4 Å².